The number of benzene rings is 1. The van der Waals surface area contributed by atoms with Gasteiger partial charge in [0, 0.05) is 12.5 Å². The fourth-order valence-corrected chi connectivity index (χ4v) is 7.17. The van der Waals surface area contributed by atoms with Gasteiger partial charge in [-0.3, -0.25) is 9.69 Å². The van der Waals surface area contributed by atoms with Gasteiger partial charge in [0.1, 0.15) is 6.54 Å². The molecule has 0 N–H and O–H groups in total. The molecule has 2 spiro atoms. The van der Waals surface area contributed by atoms with Gasteiger partial charge < -0.3 is 4.74 Å². The summed E-state index contributed by atoms with van der Waals surface area (Å²) in [6.07, 6.45) is -2.64. The van der Waals surface area contributed by atoms with Crippen LogP contribution in [0.15, 0.2) is 23.2 Å². The van der Waals surface area contributed by atoms with Gasteiger partial charge in [-0.25, -0.2) is 4.99 Å². The summed E-state index contributed by atoms with van der Waals surface area (Å²) in [7, 11) is 1.60. The molecule has 11 heteroatoms. The number of hydrogen-bond donors (Lipinski definition) is 0. The molecule has 204 valence electrons. The van der Waals surface area contributed by atoms with Crippen molar-refractivity contribution in [3.05, 3.63) is 34.9 Å². The number of alkyl halides is 6. The van der Waals surface area contributed by atoms with Crippen LogP contribution in [0.1, 0.15) is 61.6 Å². The molecule has 0 radical (unpaired) electrons. The number of ether oxygens (including phenoxy) is 1. The Balaban J connectivity index is 1.60. The van der Waals surface area contributed by atoms with Gasteiger partial charge in [-0.2, -0.15) is 26.3 Å². The second kappa shape index (κ2) is 9.47. The lowest BCUT2D eigenvalue weighted by molar-refractivity contribution is -0.158. The molecule has 0 bridgehead atoms. The quantitative estimate of drug-likeness (QED) is 0.386. The Bertz CT molecular complexity index is 1080. The fraction of sp³-hybridized carbons (Fsp3) is 0.692. The van der Waals surface area contributed by atoms with Gasteiger partial charge in [0.05, 0.1) is 11.9 Å². The van der Waals surface area contributed by atoms with E-state index in [1.807, 2.05) is 18.2 Å². The largest absolute Gasteiger partial charge is 0.406 e. The van der Waals surface area contributed by atoms with Gasteiger partial charge in [-0.15, -0.1) is 0 Å². The molecule has 1 atom stereocenters. The van der Waals surface area contributed by atoms with Crippen LogP contribution in [0.3, 0.4) is 0 Å². The Kier molecular flexibility index (Phi) is 6.87. The topological polar surface area (TPSA) is 41.9 Å². The molecule has 4 nitrogen and oxygen atoms in total. The second-order valence-corrected chi connectivity index (χ2v) is 11.8. The molecule has 1 aromatic carbocycles. The van der Waals surface area contributed by atoms with Crippen LogP contribution in [0.5, 0.6) is 0 Å². The van der Waals surface area contributed by atoms with E-state index in [1.165, 1.54) is 12.8 Å². The van der Waals surface area contributed by atoms with Crippen molar-refractivity contribution in [2.24, 2.45) is 16.3 Å². The van der Waals surface area contributed by atoms with Crippen molar-refractivity contribution in [1.29, 1.82) is 0 Å². The number of amides is 1. The molecular weight excluding hydrogens is 518 g/mol. The molecule has 1 amide bonds. The average Bonchev–Trinajstić information content (AvgIpc) is 3.57. The number of carbonyl (C=O) groups excluding carboxylic acids is 1. The zero-order valence-corrected chi connectivity index (χ0v) is 21.4. The van der Waals surface area contributed by atoms with Crippen molar-refractivity contribution in [2.75, 3.05) is 19.4 Å². The van der Waals surface area contributed by atoms with E-state index in [0.29, 0.717) is 48.5 Å². The molecule has 4 aliphatic rings. The first-order valence-corrected chi connectivity index (χ1v) is 13.7. The van der Waals surface area contributed by atoms with Crippen molar-refractivity contribution in [3.8, 4) is 0 Å². The van der Waals surface area contributed by atoms with Crippen LogP contribution in [0.4, 0.5) is 26.3 Å². The van der Waals surface area contributed by atoms with Gasteiger partial charge in [-0.05, 0) is 67.6 Å². The Morgan fingerprint density at radius 1 is 1.08 bits per heavy atom. The SMILES string of the molecule is COC1CCC2(CC1)Cc1ccc(CCC3CC3)cc1C21N=C(SCC(F)(F)F)N(CC(F)(F)F)C1=O. The molecule has 1 aromatic rings. The van der Waals surface area contributed by atoms with Crippen molar-refractivity contribution >= 4 is 22.8 Å². The molecule has 2 saturated carbocycles. The highest BCUT2D eigenvalue weighted by Gasteiger charge is 2.67. The number of methoxy groups -OCH3 is 1. The van der Waals surface area contributed by atoms with Crippen LogP contribution in [-0.4, -0.2) is 53.8 Å². The smallest absolute Gasteiger partial charge is 0.381 e. The zero-order valence-electron chi connectivity index (χ0n) is 20.6. The maximum atomic E-state index is 14.1. The number of aryl methyl sites for hydroxylation is 1. The Morgan fingerprint density at radius 2 is 1.78 bits per heavy atom. The molecule has 37 heavy (non-hydrogen) atoms. The van der Waals surface area contributed by atoms with Gasteiger partial charge >= 0.3 is 12.4 Å². The molecule has 1 heterocycles. The van der Waals surface area contributed by atoms with E-state index in [4.69, 9.17) is 4.74 Å². The monoisotopic (exact) mass is 548 g/mol. The number of nitrogens with zero attached hydrogens (tertiary/aromatic N) is 2. The molecule has 5 rings (SSSR count). The predicted molar refractivity (Wildman–Crippen MR) is 128 cm³/mol. The normalized spacial score (nSPS) is 29.9. The third-order valence-electron chi connectivity index (χ3n) is 8.37. The number of hydrogen-bond acceptors (Lipinski definition) is 4. The van der Waals surface area contributed by atoms with Crippen molar-refractivity contribution in [3.63, 3.8) is 0 Å². The first-order chi connectivity index (χ1) is 17.4. The zero-order chi connectivity index (χ0) is 26.6. The van der Waals surface area contributed by atoms with Crippen molar-refractivity contribution in [2.45, 2.75) is 81.8 Å². The molecule has 2 fully saturated rings. The minimum atomic E-state index is -4.78. The van der Waals surface area contributed by atoms with Crippen LogP contribution in [0, 0.1) is 11.3 Å². The third kappa shape index (κ3) is 5.14. The Labute approximate surface area is 216 Å². The number of thioether (sulfide) groups is 1. The molecule has 0 aromatic heterocycles. The number of carbonyl (C=O) groups is 1. The average molecular weight is 549 g/mol. The maximum Gasteiger partial charge on any atom is 0.406 e. The standard InChI is InChI=1S/C26H30F6N2O2S/c1-36-19-8-10-23(11-9-19)13-18-7-6-17(5-4-16-2-3-16)12-20(18)26(23)21(35)34(14-24(27,28)29)22(33-26)37-15-25(30,31)32/h6-7,12,16,19H,2-5,8-11,13-15H2,1H3. The third-order valence-corrected chi connectivity index (χ3v) is 9.41. The first kappa shape index (κ1) is 26.8. The van der Waals surface area contributed by atoms with Gasteiger partial charge in [0.2, 0.25) is 0 Å². The van der Waals surface area contributed by atoms with Gasteiger partial charge in [0.15, 0.2) is 10.7 Å². The number of fused-ring (bicyclic) bond motifs is 3. The van der Waals surface area contributed by atoms with Crippen LogP contribution < -0.4 is 0 Å². The molecular formula is C26H30F6N2O2S. The summed E-state index contributed by atoms with van der Waals surface area (Å²) in [6.45, 7) is -1.66. The van der Waals surface area contributed by atoms with Crippen LogP contribution in [-0.2, 0) is 27.9 Å². The van der Waals surface area contributed by atoms with E-state index in [1.54, 1.807) is 7.11 Å². The lowest BCUT2D eigenvalue weighted by Crippen LogP contribution is -2.53. The maximum absolute atomic E-state index is 14.1. The number of aliphatic imine (C=N–C) groups is 1. The molecule has 1 aliphatic heterocycles. The van der Waals surface area contributed by atoms with E-state index in [2.05, 4.69) is 4.99 Å². The van der Waals surface area contributed by atoms with Crippen molar-refractivity contribution in [1.82, 2.24) is 4.90 Å². The number of amidine groups is 1. The van der Waals surface area contributed by atoms with Crippen LogP contribution in [0.2, 0.25) is 0 Å². The van der Waals surface area contributed by atoms with Gasteiger partial charge in [0.25, 0.3) is 5.91 Å². The fourth-order valence-electron chi connectivity index (χ4n) is 6.37. The highest BCUT2D eigenvalue weighted by Crippen LogP contribution is 2.62. The van der Waals surface area contributed by atoms with E-state index < -0.39 is 46.7 Å². The summed E-state index contributed by atoms with van der Waals surface area (Å²) in [5.41, 5.74) is -0.0698. The summed E-state index contributed by atoms with van der Waals surface area (Å²) in [5.74, 6) is -1.60. The summed E-state index contributed by atoms with van der Waals surface area (Å²) < 4.78 is 85.5. The highest BCUT2D eigenvalue weighted by molar-refractivity contribution is 8.13. The van der Waals surface area contributed by atoms with Crippen LogP contribution in [0.25, 0.3) is 0 Å². The Hall–Kier alpha value is -1.75. The minimum absolute atomic E-state index is 0.0358. The minimum Gasteiger partial charge on any atom is -0.381 e. The van der Waals surface area contributed by atoms with E-state index in [-0.39, 0.29) is 17.9 Å². The second-order valence-electron chi connectivity index (χ2n) is 10.9. The summed E-state index contributed by atoms with van der Waals surface area (Å²) in [5, 5.41) is -0.496. The number of rotatable bonds is 6. The lowest BCUT2D eigenvalue weighted by atomic mass is 9.61. The van der Waals surface area contributed by atoms with E-state index in [9.17, 15) is 31.1 Å². The number of halogens is 6. The van der Waals surface area contributed by atoms with Crippen LogP contribution >= 0.6 is 11.8 Å². The molecule has 3 aliphatic carbocycles. The first-order valence-electron chi connectivity index (χ1n) is 12.7. The van der Waals surface area contributed by atoms with Crippen molar-refractivity contribution < 1.29 is 35.9 Å². The summed E-state index contributed by atoms with van der Waals surface area (Å²) >= 11 is 0.163. The highest BCUT2D eigenvalue weighted by atomic mass is 32.2. The summed E-state index contributed by atoms with van der Waals surface area (Å²) in [4.78, 5) is 19.2. The van der Waals surface area contributed by atoms with E-state index in [0.717, 1.165) is 24.0 Å². The van der Waals surface area contributed by atoms with Gasteiger partial charge in [-0.1, -0.05) is 42.8 Å². The summed E-state index contributed by atoms with van der Waals surface area (Å²) in [6, 6.07) is 5.83. The molecule has 1 unspecified atom stereocenters. The lowest BCUT2D eigenvalue weighted by Gasteiger charge is -2.45. The molecule has 0 saturated heterocycles. The Morgan fingerprint density at radius 3 is 2.38 bits per heavy atom. The van der Waals surface area contributed by atoms with E-state index >= 15 is 0 Å². The predicted octanol–water partition coefficient (Wildman–Crippen LogP) is 6.41.